The molecule has 4 rings (SSSR count). The molecular weight excluding hydrogens is 366 g/mol. The molecule has 0 radical (unpaired) electrons. The first kappa shape index (κ1) is 17.8. The predicted molar refractivity (Wildman–Crippen MR) is 104 cm³/mol. The van der Waals surface area contributed by atoms with Gasteiger partial charge in [0.2, 0.25) is 0 Å². The number of anilines is 1. The second-order valence-electron chi connectivity index (χ2n) is 7.06. The summed E-state index contributed by atoms with van der Waals surface area (Å²) in [5.41, 5.74) is 1.91. The van der Waals surface area contributed by atoms with E-state index in [4.69, 9.17) is 11.6 Å². The van der Waals surface area contributed by atoms with Crippen LogP contribution in [0.25, 0.3) is 0 Å². The molecule has 1 aliphatic carbocycles. The number of fused-ring (bicyclic) bond motifs is 1. The van der Waals surface area contributed by atoms with Crippen molar-refractivity contribution in [3.63, 3.8) is 0 Å². The van der Waals surface area contributed by atoms with Crippen molar-refractivity contribution in [2.75, 3.05) is 5.32 Å². The first-order valence-electron chi connectivity index (χ1n) is 9.18. The van der Waals surface area contributed by atoms with Crippen molar-refractivity contribution < 1.29 is 9.72 Å². The zero-order valence-corrected chi connectivity index (χ0v) is 15.5. The summed E-state index contributed by atoms with van der Waals surface area (Å²) >= 11 is 5.98. The van der Waals surface area contributed by atoms with Crippen molar-refractivity contribution in [1.29, 1.82) is 0 Å². The molecule has 7 heteroatoms. The van der Waals surface area contributed by atoms with Gasteiger partial charge in [-0.2, -0.15) is 0 Å². The monoisotopic (exact) mass is 385 g/mol. The van der Waals surface area contributed by atoms with Crippen LogP contribution in [0.3, 0.4) is 0 Å². The molecule has 1 aliphatic heterocycles. The maximum atomic E-state index is 13.3. The number of benzene rings is 2. The van der Waals surface area contributed by atoms with Crippen molar-refractivity contribution in [2.24, 2.45) is 0 Å². The fourth-order valence-corrected chi connectivity index (χ4v) is 4.27. The van der Waals surface area contributed by atoms with Gasteiger partial charge >= 0.3 is 0 Å². The van der Waals surface area contributed by atoms with Gasteiger partial charge in [-0.1, -0.05) is 49.1 Å². The minimum Gasteiger partial charge on any atom is -0.361 e. The van der Waals surface area contributed by atoms with Gasteiger partial charge in [0.1, 0.15) is 11.2 Å². The van der Waals surface area contributed by atoms with Crippen LogP contribution in [0.15, 0.2) is 42.5 Å². The van der Waals surface area contributed by atoms with Crippen molar-refractivity contribution in [2.45, 2.75) is 44.3 Å². The Labute approximate surface area is 162 Å². The molecule has 2 aliphatic rings. The zero-order chi connectivity index (χ0) is 19.0. The van der Waals surface area contributed by atoms with Crippen LogP contribution < -0.4 is 5.32 Å². The fourth-order valence-electron chi connectivity index (χ4n) is 4.09. The van der Waals surface area contributed by atoms with Crippen LogP contribution in [0.5, 0.6) is 0 Å². The van der Waals surface area contributed by atoms with Gasteiger partial charge in [0, 0.05) is 23.4 Å². The number of carbonyl (C=O) groups excluding carboxylic acids is 1. The van der Waals surface area contributed by atoms with Gasteiger partial charge in [-0.05, 0) is 31.0 Å². The van der Waals surface area contributed by atoms with Crippen LogP contribution in [0, 0.1) is 10.1 Å². The summed E-state index contributed by atoms with van der Waals surface area (Å²) in [5, 5.41) is 14.8. The van der Waals surface area contributed by atoms with Crippen molar-refractivity contribution in [1.82, 2.24) is 4.90 Å². The van der Waals surface area contributed by atoms with Crippen LogP contribution in [-0.2, 0) is 0 Å². The summed E-state index contributed by atoms with van der Waals surface area (Å²) < 4.78 is 0. The first-order valence-corrected chi connectivity index (χ1v) is 9.56. The average molecular weight is 386 g/mol. The number of hydrogen-bond acceptors (Lipinski definition) is 4. The third kappa shape index (κ3) is 3.25. The molecule has 140 valence electrons. The molecule has 0 saturated heterocycles. The number of carbonyl (C=O) groups is 1. The van der Waals surface area contributed by atoms with E-state index >= 15 is 0 Å². The predicted octanol–water partition coefficient (Wildman–Crippen LogP) is 5.15. The number of halogens is 1. The van der Waals surface area contributed by atoms with Crippen molar-refractivity contribution in [3.05, 3.63) is 68.7 Å². The number of nitrogens with one attached hydrogen (secondary N) is 1. The molecule has 0 bridgehead atoms. The summed E-state index contributed by atoms with van der Waals surface area (Å²) in [6.07, 6.45) is 4.79. The molecule has 1 atom stereocenters. The van der Waals surface area contributed by atoms with Crippen molar-refractivity contribution in [3.8, 4) is 0 Å². The third-order valence-electron chi connectivity index (χ3n) is 5.41. The number of rotatable bonds is 3. The third-order valence-corrected chi connectivity index (χ3v) is 5.73. The molecule has 0 spiro atoms. The molecule has 1 unspecified atom stereocenters. The molecule has 2 aromatic carbocycles. The number of nitrogens with zero attached hydrogens (tertiary/aromatic N) is 2. The number of nitro benzene ring substituents is 1. The minimum absolute atomic E-state index is 0.0288. The van der Waals surface area contributed by atoms with Crippen LogP contribution in [0.1, 0.15) is 54.2 Å². The Kier molecular flexibility index (Phi) is 4.74. The summed E-state index contributed by atoms with van der Waals surface area (Å²) in [5.74, 6) is -0.0288. The van der Waals surface area contributed by atoms with Gasteiger partial charge < -0.3 is 10.2 Å². The second kappa shape index (κ2) is 7.19. The van der Waals surface area contributed by atoms with Crippen molar-refractivity contribution >= 4 is 28.9 Å². The van der Waals surface area contributed by atoms with E-state index in [1.807, 2.05) is 29.2 Å². The lowest BCUT2D eigenvalue weighted by Gasteiger charge is -2.44. The SMILES string of the molecule is O=C1c2ccccc2NC(c2ccc(Cl)c([N+](=O)[O-])c2)N1C1CCCCC1. The number of hydrogen-bond donors (Lipinski definition) is 1. The highest BCUT2D eigenvalue weighted by molar-refractivity contribution is 6.32. The highest BCUT2D eigenvalue weighted by Crippen LogP contribution is 2.39. The van der Waals surface area contributed by atoms with E-state index in [1.54, 1.807) is 6.07 Å². The zero-order valence-electron chi connectivity index (χ0n) is 14.7. The lowest BCUT2D eigenvalue weighted by atomic mass is 9.91. The second-order valence-corrected chi connectivity index (χ2v) is 7.47. The summed E-state index contributed by atoms with van der Waals surface area (Å²) in [4.78, 5) is 26.0. The van der Waals surface area contributed by atoms with Gasteiger partial charge in [0.15, 0.2) is 0 Å². The molecule has 0 aromatic heterocycles. The largest absolute Gasteiger partial charge is 0.361 e. The highest BCUT2D eigenvalue weighted by Gasteiger charge is 2.38. The summed E-state index contributed by atoms with van der Waals surface area (Å²) in [6.45, 7) is 0. The maximum Gasteiger partial charge on any atom is 0.288 e. The van der Waals surface area contributed by atoms with E-state index in [9.17, 15) is 14.9 Å². The van der Waals surface area contributed by atoms with E-state index in [1.165, 1.54) is 18.6 Å². The smallest absolute Gasteiger partial charge is 0.288 e. The van der Waals surface area contributed by atoms with E-state index in [-0.39, 0.29) is 22.7 Å². The first-order chi connectivity index (χ1) is 13.1. The molecule has 1 saturated carbocycles. The van der Waals surface area contributed by atoms with Gasteiger partial charge in [0.25, 0.3) is 11.6 Å². The summed E-state index contributed by atoms with van der Waals surface area (Å²) in [6, 6.07) is 12.3. The fraction of sp³-hybridized carbons (Fsp3) is 0.350. The highest BCUT2D eigenvalue weighted by atomic mass is 35.5. The molecule has 1 fully saturated rings. The van der Waals surface area contributed by atoms with Gasteiger partial charge in [0.05, 0.1) is 10.5 Å². The Balaban J connectivity index is 1.79. The van der Waals surface area contributed by atoms with E-state index < -0.39 is 11.1 Å². The molecule has 2 aromatic rings. The molecule has 1 heterocycles. The molecule has 27 heavy (non-hydrogen) atoms. The molecule has 1 N–H and O–H groups in total. The Bertz CT molecular complexity index is 896. The molecule has 6 nitrogen and oxygen atoms in total. The number of nitro groups is 1. The van der Waals surface area contributed by atoms with Gasteiger partial charge in [-0.3, -0.25) is 14.9 Å². The van der Waals surface area contributed by atoms with Crippen LogP contribution in [0.4, 0.5) is 11.4 Å². The standard InChI is InChI=1S/C20H20ClN3O3/c21-16-11-10-13(12-18(16)24(26)27)19-22-17-9-5-4-8-15(17)20(25)23(19)14-6-2-1-3-7-14/h4-5,8-12,14,19,22H,1-3,6-7H2. The summed E-state index contributed by atoms with van der Waals surface area (Å²) in [7, 11) is 0. The van der Waals surface area contributed by atoms with E-state index in [0.29, 0.717) is 11.1 Å². The van der Waals surface area contributed by atoms with Crippen LogP contribution >= 0.6 is 11.6 Å². The average Bonchev–Trinajstić information content (AvgIpc) is 2.69. The van der Waals surface area contributed by atoms with Crippen LogP contribution in [0.2, 0.25) is 5.02 Å². The normalized spacial score (nSPS) is 20.1. The minimum atomic E-state index is -0.491. The molecular formula is C20H20ClN3O3. The maximum absolute atomic E-state index is 13.3. The lowest BCUT2D eigenvalue weighted by Crippen LogP contribution is -2.49. The van der Waals surface area contributed by atoms with E-state index in [2.05, 4.69) is 5.32 Å². The Hall–Kier alpha value is -2.60. The Morgan fingerprint density at radius 1 is 1.11 bits per heavy atom. The lowest BCUT2D eigenvalue weighted by molar-refractivity contribution is -0.384. The topological polar surface area (TPSA) is 75.5 Å². The quantitative estimate of drug-likeness (QED) is 0.585. The molecule has 1 amide bonds. The Morgan fingerprint density at radius 3 is 2.59 bits per heavy atom. The van der Waals surface area contributed by atoms with Crippen LogP contribution in [-0.4, -0.2) is 21.8 Å². The van der Waals surface area contributed by atoms with E-state index in [0.717, 1.165) is 31.4 Å². The van der Waals surface area contributed by atoms with Gasteiger partial charge in [-0.15, -0.1) is 0 Å². The van der Waals surface area contributed by atoms with Gasteiger partial charge in [-0.25, -0.2) is 0 Å². The number of amides is 1. The number of para-hydroxylation sites is 1. The Morgan fingerprint density at radius 2 is 1.85 bits per heavy atom.